The number of benzene rings is 1. The van der Waals surface area contributed by atoms with Crippen molar-refractivity contribution >= 4 is 45.2 Å². The predicted octanol–water partition coefficient (Wildman–Crippen LogP) is 4.83. The average molecular weight is 368 g/mol. The average Bonchev–Trinajstić information content (AvgIpc) is 3.05. The quantitative estimate of drug-likeness (QED) is 0.622. The van der Waals surface area contributed by atoms with Crippen LogP contribution in [0.3, 0.4) is 0 Å². The summed E-state index contributed by atoms with van der Waals surface area (Å²) in [5.41, 5.74) is 3.00. The zero-order valence-electron chi connectivity index (χ0n) is 10.1. The lowest BCUT2D eigenvalue weighted by Crippen LogP contribution is -1.94. The predicted molar refractivity (Wildman–Crippen MR) is 85.0 cm³/mol. The number of rotatable bonds is 3. The fraction of sp³-hybridized carbons (Fsp3) is 0. The van der Waals surface area contributed by atoms with Crippen LogP contribution in [0.25, 0.3) is 16.9 Å². The minimum absolute atomic E-state index is 0.555. The van der Waals surface area contributed by atoms with Gasteiger partial charge in [-0.3, -0.25) is 4.79 Å². The van der Waals surface area contributed by atoms with E-state index in [1.165, 1.54) is 0 Å². The lowest BCUT2D eigenvalue weighted by molar-refractivity contribution is 0.112. The molecule has 0 amide bonds. The molecule has 1 aromatic carbocycles. The van der Waals surface area contributed by atoms with Crippen LogP contribution in [0.2, 0.25) is 5.02 Å². The van der Waals surface area contributed by atoms with Crippen molar-refractivity contribution in [3.8, 4) is 16.9 Å². The molecule has 2 heterocycles. The van der Waals surface area contributed by atoms with Crippen LogP contribution in [0.15, 0.2) is 45.7 Å². The molecule has 0 saturated heterocycles. The van der Waals surface area contributed by atoms with Crippen LogP contribution < -0.4 is 0 Å². The van der Waals surface area contributed by atoms with Gasteiger partial charge in [-0.15, -0.1) is 0 Å². The van der Waals surface area contributed by atoms with E-state index >= 15 is 0 Å². The first-order chi connectivity index (χ1) is 9.69. The van der Waals surface area contributed by atoms with Crippen LogP contribution >= 0.6 is 38.9 Å². The molecule has 0 saturated carbocycles. The van der Waals surface area contributed by atoms with Crippen molar-refractivity contribution in [1.82, 2.24) is 9.78 Å². The van der Waals surface area contributed by atoms with Crippen molar-refractivity contribution in [2.75, 3.05) is 0 Å². The summed E-state index contributed by atoms with van der Waals surface area (Å²) in [4.78, 5) is 11.2. The molecule has 20 heavy (non-hydrogen) atoms. The summed E-state index contributed by atoms with van der Waals surface area (Å²) in [5.74, 6) is 0. The lowest BCUT2D eigenvalue weighted by Gasteiger charge is -2.00. The Labute approximate surface area is 132 Å². The Hall–Kier alpha value is -1.43. The van der Waals surface area contributed by atoms with E-state index in [2.05, 4.69) is 21.0 Å². The molecule has 100 valence electrons. The molecule has 0 aliphatic carbocycles. The Kier molecular flexibility index (Phi) is 3.74. The van der Waals surface area contributed by atoms with Crippen LogP contribution in [0.5, 0.6) is 0 Å². The van der Waals surface area contributed by atoms with E-state index < -0.39 is 0 Å². The van der Waals surface area contributed by atoms with Crippen molar-refractivity contribution in [2.24, 2.45) is 0 Å². The number of carbonyl (C=O) groups is 1. The Morgan fingerprint density at radius 2 is 2.00 bits per heavy atom. The highest BCUT2D eigenvalue weighted by molar-refractivity contribution is 9.10. The van der Waals surface area contributed by atoms with Crippen LogP contribution in [0.4, 0.5) is 0 Å². The second kappa shape index (κ2) is 5.52. The standard InChI is InChI=1S/C14H8BrClN2OS/c15-13-8-20-7-12(13)14-9(6-19)5-18(17-14)11-3-1-10(16)2-4-11/h1-8H. The molecule has 0 fully saturated rings. The molecule has 0 aliphatic rings. The number of thiophene rings is 1. The second-order valence-electron chi connectivity index (χ2n) is 4.11. The summed E-state index contributed by atoms with van der Waals surface area (Å²) < 4.78 is 2.62. The summed E-state index contributed by atoms with van der Waals surface area (Å²) in [6.45, 7) is 0. The monoisotopic (exact) mass is 366 g/mol. The van der Waals surface area contributed by atoms with Gasteiger partial charge in [0.15, 0.2) is 6.29 Å². The Bertz CT molecular complexity index is 764. The van der Waals surface area contributed by atoms with E-state index in [1.54, 1.807) is 34.3 Å². The number of carbonyl (C=O) groups excluding carboxylic acids is 1. The zero-order valence-corrected chi connectivity index (χ0v) is 13.2. The minimum atomic E-state index is 0.555. The number of halogens is 2. The van der Waals surface area contributed by atoms with E-state index in [0.717, 1.165) is 22.0 Å². The highest BCUT2D eigenvalue weighted by atomic mass is 79.9. The number of nitrogens with zero attached hydrogens (tertiary/aromatic N) is 2. The number of aldehydes is 1. The Morgan fingerprint density at radius 3 is 2.60 bits per heavy atom. The summed E-state index contributed by atoms with van der Waals surface area (Å²) >= 11 is 10.9. The molecule has 0 atom stereocenters. The highest BCUT2D eigenvalue weighted by Crippen LogP contribution is 2.32. The molecule has 0 radical (unpaired) electrons. The summed E-state index contributed by atoms with van der Waals surface area (Å²) in [5, 5.41) is 9.09. The first-order valence-electron chi connectivity index (χ1n) is 5.72. The van der Waals surface area contributed by atoms with Gasteiger partial charge >= 0.3 is 0 Å². The van der Waals surface area contributed by atoms with E-state index in [9.17, 15) is 4.79 Å². The van der Waals surface area contributed by atoms with Crippen molar-refractivity contribution in [3.63, 3.8) is 0 Å². The first-order valence-corrected chi connectivity index (χ1v) is 7.83. The molecule has 0 spiro atoms. The summed E-state index contributed by atoms with van der Waals surface area (Å²) in [6, 6.07) is 7.30. The normalized spacial score (nSPS) is 10.7. The van der Waals surface area contributed by atoms with Gasteiger partial charge in [0.25, 0.3) is 0 Å². The number of hydrogen-bond donors (Lipinski definition) is 0. The van der Waals surface area contributed by atoms with Crippen molar-refractivity contribution in [3.05, 3.63) is 56.3 Å². The smallest absolute Gasteiger partial charge is 0.153 e. The third kappa shape index (κ3) is 2.44. The van der Waals surface area contributed by atoms with E-state index in [4.69, 9.17) is 11.6 Å². The fourth-order valence-corrected chi connectivity index (χ4v) is 3.45. The van der Waals surface area contributed by atoms with Gasteiger partial charge in [0.05, 0.1) is 11.3 Å². The van der Waals surface area contributed by atoms with Crippen LogP contribution in [0, 0.1) is 0 Å². The van der Waals surface area contributed by atoms with E-state index in [0.29, 0.717) is 16.3 Å². The van der Waals surface area contributed by atoms with Gasteiger partial charge in [-0.25, -0.2) is 4.68 Å². The lowest BCUT2D eigenvalue weighted by atomic mass is 10.2. The van der Waals surface area contributed by atoms with E-state index in [1.807, 2.05) is 22.9 Å². The maximum Gasteiger partial charge on any atom is 0.153 e. The van der Waals surface area contributed by atoms with Gasteiger partial charge in [-0.05, 0) is 40.2 Å². The molecular formula is C14H8BrClN2OS. The molecule has 0 N–H and O–H groups in total. The SMILES string of the molecule is O=Cc1cn(-c2ccc(Cl)cc2)nc1-c1cscc1Br. The van der Waals surface area contributed by atoms with Gasteiger partial charge in [-0.1, -0.05) is 11.6 Å². The topological polar surface area (TPSA) is 34.9 Å². The van der Waals surface area contributed by atoms with Gasteiger partial charge < -0.3 is 0 Å². The largest absolute Gasteiger partial charge is 0.298 e. The minimum Gasteiger partial charge on any atom is -0.298 e. The van der Waals surface area contributed by atoms with Gasteiger partial charge in [-0.2, -0.15) is 16.4 Å². The number of hydrogen-bond acceptors (Lipinski definition) is 3. The van der Waals surface area contributed by atoms with Crippen LogP contribution in [0.1, 0.15) is 10.4 Å². The van der Waals surface area contributed by atoms with Crippen molar-refractivity contribution in [2.45, 2.75) is 0 Å². The summed E-state index contributed by atoms with van der Waals surface area (Å²) in [6.07, 6.45) is 2.54. The Morgan fingerprint density at radius 1 is 1.25 bits per heavy atom. The van der Waals surface area contributed by atoms with Crippen molar-refractivity contribution in [1.29, 1.82) is 0 Å². The third-order valence-electron chi connectivity index (χ3n) is 2.83. The first kappa shape index (κ1) is 13.5. The van der Waals surface area contributed by atoms with Crippen LogP contribution in [-0.4, -0.2) is 16.1 Å². The molecule has 3 rings (SSSR count). The second-order valence-corrected chi connectivity index (χ2v) is 6.14. The molecule has 6 heteroatoms. The molecule has 0 aliphatic heterocycles. The van der Waals surface area contributed by atoms with Crippen LogP contribution in [-0.2, 0) is 0 Å². The highest BCUT2D eigenvalue weighted by Gasteiger charge is 2.14. The Balaban J connectivity index is 2.12. The third-order valence-corrected chi connectivity index (χ3v) is 4.79. The molecule has 2 aromatic heterocycles. The van der Waals surface area contributed by atoms with Gasteiger partial charge in [0.2, 0.25) is 0 Å². The molecular weight excluding hydrogens is 360 g/mol. The maximum absolute atomic E-state index is 11.2. The fourth-order valence-electron chi connectivity index (χ4n) is 1.86. The molecule has 3 aromatic rings. The van der Waals surface area contributed by atoms with Gasteiger partial charge in [0.1, 0.15) is 5.69 Å². The summed E-state index contributed by atoms with van der Waals surface area (Å²) in [7, 11) is 0. The molecule has 3 nitrogen and oxygen atoms in total. The van der Waals surface area contributed by atoms with E-state index in [-0.39, 0.29) is 0 Å². The van der Waals surface area contributed by atoms with Gasteiger partial charge in [0, 0.05) is 32.0 Å². The molecule has 0 unspecified atom stereocenters. The molecule has 0 bridgehead atoms. The maximum atomic E-state index is 11.2. The van der Waals surface area contributed by atoms with Crippen molar-refractivity contribution < 1.29 is 4.79 Å². The number of aromatic nitrogens is 2. The zero-order chi connectivity index (χ0) is 14.1.